The Morgan fingerprint density at radius 1 is 1.41 bits per heavy atom. The van der Waals surface area contributed by atoms with Gasteiger partial charge in [0, 0.05) is 18.3 Å². The fraction of sp³-hybridized carbons (Fsp3) is 0.333. The SMILES string of the molecule is N#Cc1c(C(F)(F)F)ncc(CN)c1C(F)F. The number of nitriles is 1. The largest absolute Gasteiger partial charge is 0.434 e. The van der Waals surface area contributed by atoms with Crippen LogP contribution in [0, 0.1) is 11.3 Å². The summed E-state index contributed by atoms with van der Waals surface area (Å²) in [4.78, 5) is 2.97. The molecule has 1 rings (SSSR count). The molecule has 1 heterocycles. The van der Waals surface area contributed by atoms with Crippen molar-refractivity contribution in [2.75, 3.05) is 0 Å². The third-order valence-electron chi connectivity index (χ3n) is 2.02. The predicted octanol–water partition coefficient (Wildman–Crippen LogP) is 2.37. The summed E-state index contributed by atoms with van der Waals surface area (Å²) < 4.78 is 62.5. The van der Waals surface area contributed by atoms with Gasteiger partial charge >= 0.3 is 6.18 Å². The quantitative estimate of drug-likeness (QED) is 0.820. The predicted molar refractivity (Wildman–Crippen MR) is 46.8 cm³/mol. The van der Waals surface area contributed by atoms with E-state index in [1.54, 1.807) is 0 Å². The van der Waals surface area contributed by atoms with Crippen LogP contribution in [0.3, 0.4) is 0 Å². The van der Waals surface area contributed by atoms with Gasteiger partial charge in [0.1, 0.15) is 6.07 Å². The van der Waals surface area contributed by atoms with Crippen LogP contribution in [0.4, 0.5) is 22.0 Å². The first-order valence-electron chi connectivity index (χ1n) is 4.30. The second-order valence-corrected chi connectivity index (χ2v) is 3.04. The smallest absolute Gasteiger partial charge is 0.326 e. The van der Waals surface area contributed by atoms with E-state index in [0.717, 1.165) is 6.07 Å². The number of halogens is 5. The Morgan fingerprint density at radius 3 is 2.35 bits per heavy atom. The lowest BCUT2D eigenvalue weighted by atomic mass is 10.0. The van der Waals surface area contributed by atoms with E-state index in [1.165, 1.54) is 0 Å². The van der Waals surface area contributed by atoms with E-state index in [4.69, 9.17) is 11.0 Å². The molecule has 1 aromatic rings. The summed E-state index contributed by atoms with van der Waals surface area (Å²) in [7, 11) is 0. The number of rotatable bonds is 2. The first kappa shape index (κ1) is 13.3. The second kappa shape index (κ2) is 4.63. The van der Waals surface area contributed by atoms with Crippen molar-refractivity contribution in [1.29, 1.82) is 5.26 Å². The van der Waals surface area contributed by atoms with E-state index >= 15 is 0 Å². The van der Waals surface area contributed by atoms with Crippen molar-refractivity contribution in [2.24, 2.45) is 5.73 Å². The van der Waals surface area contributed by atoms with Crippen LogP contribution in [-0.4, -0.2) is 4.98 Å². The third kappa shape index (κ3) is 2.50. The molecular weight excluding hydrogens is 245 g/mol. The molecule has 0 spiro atoms. The zero-order valence-corrected chi connectivity index (χ0v) is 8.22. The number of aromatic nitrogens is 1. The average molecular weight is 251 g/mol. The number of pyridine rings is 1. The van der Waals surface area contributed by atoms with Crippen molar-refractivity contribution in [3.63, 3.8) is 0 Å². The van der Waals surface area contributed by atoms with Gasteiger partial charge in [0.05, 0.1) is 5.56 Å². The van der Waals surface area contributed by atoms with Crippen molar-refractivity contribution in [3.8, 4) is 6.07 Å². The average Bonchev–Trinajstić information content (AvgIpc) is 2.25. The van der Waals surface area contributed by atoms with E-state index < -0.39 is 36.0 Å². The molecule has 0 aliphatic carbocycles. The van der Waals surface area contributed by atoms with Crippen LogP contribution in [0.25, 0.3) is 0 Å². The number of nitrogens with zero attached hydrogens (tertiary/aromatic N) is 2. The summed E-state index contributed by atoms with van der Waals surface area (Å²) in [5.74, 6) is 0. The highest BCUT2D eigenvalue weighted by Gasteiger charge is 2.38. The van der Waals surface area contributed by atoms with Crippen LogP contribution < -0.4 is 5.73 Å². The Hall–Kier alpha value is -1.75. The monoisotopic (exact) mass is 251 g/mol. The lowest BCUT2D eigenvalue weighted by Gasteiger charge is -2.13. The van der Waals surface area contributed by atoms with E-state index in [1.807, 2.05) is 0 Å². The lowest BCUT2D eigenvalue weighted by Crippen LogP contribution is -2.15. The maximum absolute atomic E-state index is 12.6. The molecule has 0 aliphatic heterocycles. The summed E-state index contributed by atoms with van der Waals surface area (Å²) in [6.45, 7) is -0.417. The van der Waals surface area contributed by atoms with Gasteiger partial charge in [-0.2, -0.15) is 18.4 Å². The highest BCUT2D eigenvalue weighted by atomic mass is 19.4. The van der Waals surface area contributed by atoms with Crippen LogP contribution >= 0.6 is 0 Å². The molecule has 0 radical (unpaired) electrons. The summed E-state index contributed by atoms with van der Waals surface area (Å²) >= 11 is 0. The normalized spacial score (nSPS) is 11.6. The Kier molecular flexibility index (Phi) is 3.63. The molecule has 0 atom stereocenters. The molecule has 2 N–H and O–H groups in total. The Labute approximate surface area is 92.7 Å². The summed E-state index contributed by atoms with van der Waals surface area (Å²) in [6, 6.07) is 1.11. The summed E-state index contributed by atoms with van der Waals surface area (Å²) in [5, 5.41) is 8.57. The zero-order valence-electron chi connectivity index (χ0n) is 8.22. The van der Waals surface area contributed by atoms with Crippen molar-refractivity contribution in [1.82, 2.24) is 4.98 Å². The van der Waals surface area contributed by atoms with Gasteiger partial charge in [-0.05, 0) is 5.56 Å². The molecule has 92 valence electrons. The molecule has 8 heteroatoms. The minimum absolute atomic E-state index is 0.274. The van der Waals surface area contributed by atoms with Gasteiger partial charge in [0.15, 0.2) is 5.69 Å². The van der Waals surface area contributed by atoms with Crippen LogP contribution in [0.15, 0.2) is 6.20 Å². The highest BCUT2D eigenvalue weighted by Crippen LogP contribution is 2.35. The minimum Gasteiger partial charge on any atom is -0.326 e. The van der Waals surface area contributed by atoms with Crippen molar-refractivity contribution in [2.45, 2.75) is 19.1 Å². The molecule has 0 saturated heterocycles. The van der Waals surface area contributed by atoms with Crippen LogP contribution in [-0.2, 0) is 12.7 Å². The van der Waals surface area contributed by atoms with Gasteiger partial charge < -0.3 is 5.73 Å². The fourth-order valence-electron chi connectivity index (χ4n) is 1.30. The molecule has 0 bridgehead atoms. The van der Waals surface area contributed by atoms with Crippen LogP contribution in [0.2, 0.25) is 0 Å². The molecular formula is C9H6F5N3. The number of hydrogen-bond acceptors (Lipinski definition) is 3. The molecule has 1 aromatic heterocycles. The van der Waals surface area contributed by atoms with Gasteiger partial charge in [0.25, 0.3) is 6.43 Å². The van der Waals surface area contributed by atoms with Crippen LogP contribution in [0.1, 0.15) is 28.8 Å². The van der Waals surface area contributed by atoms with Gasteiger partial charge in [0.2, 0.25) is 0 Å². The summed E-state index contributed by atoms with van der Waals surface area (Å²) in [6.07, 6.45) is -7.56. The molecule has 0 unspecified atom stereocenters. The minimum atomic E-state index is -4.96. The molecule has 3 nitrogen and oxygen atoms in total. The molecule has 0 aromatic carbocycles. The maximum atomic E-state index is 12.6. The molecule has 0 saturated carbocycles. The Morgan fingerprint density at radius 2 is 2.00 bits per heavy atom. The van der Waals surface area contributed by atoms with Crippen molar-refractivity contribution >= 4 is 0 Å². The van der Waals surface area contributed by atoms with Gasteiger partial charge in [-0.25, -0.2) is 8.78 Å². The maximum Gasteiger partial charge on any atom is 0.434 e. The third-order valence-corrected chi connectivity index (χ3v) is 2.02. The highest BCUT2D eigenvalue weighted by molar-refractivity contribution is 5.46. The first-order chi connectivity index (χ1) is 7.82. The molecule has 17 heavy (non-hydrogen) atoms. The van der Waals surface area contributed by atoms with Crippen LogP contribution in [0.5, 0.6) is 0 Å². The number of alkyl halides is 5. The second-order valence-electron chi connectivity index (χ2n) is 3.04. The van der Waals surface area contributed by atoms with Gasteiger partial charge in [-0.3, -0.25) is 4.98 Å². The van der Waals surface area contributed by atoms with E-state index in [0.29, 0.717) is 6.20 Å². The fourth-order valence-corrected chi connectivity index (χ4v) is 1.30. The number of nitrogens with two attached hydrogens (primary N) is 1. The summed E-state index contributed by atoms with van der Waals surface area (Å²) in [5.41, 5.74) is 1.04. The van der Waals surface area contributed by atoms with E-state index in [9.17, 15) is 22.0 Å². The molecule has 0 fully saturated rings. The van der Waals surface area contributed by atoms with Gasteiger partial charge in [-0.1, -0.05) is 0 Å². The van der Waals surface area contributed by atoms with Crippen molar-refractivity contribution < 1.29 is 22.0 Å². The Balaban J connectivity index is 3.60. The van der Waals surface area contributed by atoms with Gasteiger partial charge in [-0.15, -0.1) is 0 Å². The molecule has 0 amide bonds. The lowest BCUT2D eigenvalue weighted by molar-refractivity contribution is -0.141. The standard InChI is InChI=1S/C9H6F5N3/c10-8(11)6-4(1-15)3-17-7(5(6)2-16)9(12,13)14/h3,8H,1,15H2. The number of hydrogen-bond donors (Lipinski definition) is 1. The first-order valence-corrected chi connectivity index (χ1v) is 4.30. The Bertz CT molecular complexity index is 461. The van der Waals surface area contributed by atoms with Crippen molar-refractivity contribution in [3.05, 3.63) is 28.6 Å². The van der Waals surface area contributed by atoms with E-state index in [-0.39, 0.29) is 5.56 Å². The zero-order chi connectivity index (χ0) is 13.2. The topological polar surface area (TPSA) is 62.7 Å². The molecule has 0 aliphatic rings. The van der Waals surface area contributed by atoms with E-state index in [2.05, 4.69) is 4.98 Å².